The van der Waals surface area contributed by atoms with Crippen LogP contribution in [0.25, 0.3) is 0 Å². The highest BCUT2D eigenvalue weighted by atomic mass is 16.4. The summed E-state index contributed by atoms with van der Waals surface area (Å²) in [7, 11) is 0. The van der Waals surface area contributed by atoms with E-state index in [1.54, 1.807) is 22.0 Å². The maximum atomic E-state index is 12.4. The molecule has 0 saturated carbocycles. The Bertz CT molecular complexity index is 681. The lowest BCUT2D eigenvalue weighted by molar-refractivity contribution is -0.141. The summed E-state index contributed by atoms with van der Waals surface area (Å²) in [4.78, 5) is 24.9. The van der Waals surface area contributed by atoms with Crippen LogP contribution in [0.2, 0.25) is 0 Å². The number of amides is 1. The van der Waals surface area contributed by atoms with Gasteiger partial charge in [-0.2, -0.15) is 5.10 Å². The molecule has 1 unspecified atom stereocenters. The van der Waals surface area contributed by atoms with Gasteiger partial charge in [-0.1, -0.05) is 30.3 Å². The molecule has 0 radical (unpaired) electrons. The summed E-state index contributed by atoms with van der Waals surface area (Å²) < 4.78 is 1.72. The number of aliphatic carboxylic acids is 1. The maximum Gasteiger partial charge on any atom is 0.308 e. The van der Waals surface area contributed by atoms with Crippen LogP contribution in [0.5, 0.6) is 0 Å². The van der Waals surface area contributed by atoms with E-state index in [1.165, 1.54) is 0 Å². The number of aromatic nitrogens is 2. The van der Waals surface area contributed by atoms with Crippen LogP contribution in [0.4, 0.5) is 0 Å². The number of likely N-dealkylation sites (tertiary alicyclic amines) is 1. The standard InChI is InChI=1S/C16H17N3O3/c20-15(18-7-6-13(10-18)16(21)22)14-8-17-19(11-14)9-12-4-2-1-3-5-12/h1-5,8,11,13H,6-7,9-10H2,(H,21,22). The highest BCUT2D eigenvalue weighted by Gasteiger charge is 2.31. The molecule has 1 saturated heterocycles. The van der Waals surface area contributed by atoms with E-state index < -0.39 is 11.9 Å². The Morgan fingerprint density at radius 1 is 1.27 bits per heavy atom. The molecule has 22 heavy (non-hydrogen) atoms. The molecule has 0 spiro atoms. The third-order valence-electron chi connectivity index (χ3n) is 3.89. The Labute approximate surface area is 128 Å². The molecule has 1 atom stereocenters. The number of nitrogens with zero attached hydrogens (tertiary/aromatic N) is 3. The van der Waals surface area contributed by atoms with Gasteiger partial charge in [-0.25, -0.2) is 0 Å². The van der Waals surface area contributed by atoms with Gasteiger partial charge in [-0.3, -0.25) is 14.3 Å². The molecule has 2 heterocycles. The van der Waals surface area contributed by atoms with Gasteiger partial charge in [0.05, 0.1) is 24.2 Å². The van der Waals surface area contributed by atoms with Gasteiger partial charge in [0, 0.05) is 19.3 Å². The third kappa shape index (κ3) is 3.00. The Morgan fingerprint density at radius 3 is 2.73 bits per heavy atom. The number of hydrogen-bond acceptors (Lipinski definition) is 3. The van der Waals surface area contributed by atoms with Gasteiger partial charge in [0.1, 0.15) is 0 Å². The molecule has 2 aromatic rings. The van der Waals surface area contributed by atoms with E-state index in [0.29, 0.717) is 25.1 Å². The summed E-state index contributed by atoms with van der Waals surface area (Å²) >= 11 is 0. The third-order valence-corrected chi connectivity index (χ3v) is 3.89. The van der Waals surface area contributed by atoms with E-state index in [0.717, 1.165) is 5.56 Å². The number of carbonyl (C=O) groups is 2. The minimum Gasteiger partial charge on any atom is -0.481 e. The van der Waals surface area contributed by atoms with Crippen LogP contribution in [0.3, 0.4) is 0 Å². The molecule has 6 heteroatoms. The molecular weight excluding hydrogens is 282 g/mol. The molecule has 0 aliphatic carbocycles. The van der Waals surface area contributed by atoms with E-state index in [-0.39, 0.29) is 12.5 Å². The van der Waals surface area contributed by atoms with E-state index in [9.17, 15) is 9.59 Å². The van der Waals surface area contributed by atoms with Gasteiger partial charge in [0.15, 0.2) is 0 Å². The van der Waals surface area contributed by atoms with E-state index in [1.807, 2.05) is 30.3 Å². The fraction of sp³-hybridized carbons (Fsp3) is 0.312. The van der Waals surface area contributed by atoms with Crippen LogP contribution in [0.1, 0.15) is 22.3 Å². The van der Waals surface area contributed by atoms with Crippen LogP contribution in [-0.2, 0) is 11.3 Å². The predicted molar refractivity (Wildman–Crippen MR) is 79.4 cm³/mol. The van der Waals surface area contributed by atoms with Crippen molar-refractivity contribution >= 4 is 11.9 Å². The zero-order chi connectivity index (χ0) is 15.5. The molecule has 1 aliphatic rings. The highest BCUT2D eigenvalue weighted by Crippen LogP contribution is 2.18. The van der Waals surface area contributed by atoms with Crippen LogP contribution in [0.15, 0.2) is 42.7 Å². The van der Waals surface area contributed by atoms with Gasteiger partial charge >= 0.3 is 5.97 Å². The first-order valence-corrected chi connectivity index (χ1v) is 7.22. The lowest BCUT2D eigenvalue weighted by Gasteiger charge is -2.14. The number of carboxylic acids is 1. The number of hydrogen-bond donors (Lipinski definition) is 1. The zero-order valence-electron chi connectivity index (χ0n) is 12.1. The molecule has 6 nitrogen and oxygen atoms in total. The van der Waals surface area contributed by atoms with Crippen LogP contribution < -0.4 is 0 Å². The SMILES string of the molecule is O=C(O)C1CCN(C(=O)c2cnn(Cc3ccccc3)c2)C1. The van der Waals surface area contributed by atoms with Crippen molar-refractivity contribution in [1.82, 2.24) is 14.7 Å². The minimum absolute atomic E-state index is 0.150. The molecular formula is C16H17N3O3. The number of rotatable bonds is 4. The zero-order valence-corrected chi connectivity index (χ0v) is 12.1. The summed E-state index contributed by atoms with van der Waals surface area (Å²) in [6, 6.07) is 9.87. The quantitative estimate of drug-likeness (QED) is 0.928. The summed E-state index contributed by atoms with van der Waals surface area (Å²) in [5, 5.41) is 13.2. The summed E-state index contributed by atoms with van der Waals surface area (Å²) in [5.41, 5.74) is 1.61. The fourth-order valence-electron chi connectivity index (χ4n) is 2.66. The van der Waals surface area contributed by atoms with Crippen molar-refractivity contribution in [2.45, 2.75) is 13.0 Å². The Kier molecular flexibility index (Phi) is 3.91. The minimum atomic E-state index is -0.838. The Morgan fingerprint density at radius 2 is 2.05 bits per heavy atom. The lowest BCUT2D eigenvalue weighted by atomic mass is 10.1. The van der Waals surface area contributed by atoms with Crippen molar-refractivity contribution in [2.24, 2.45) is 5.92 Å². The second-order valence-electron chi connectivity index (χ2n) is 5.49. The summed E-state index contributed by atoms with van der Waals surface area (Å²) in [6.45, 7) is 1.36. The van der Waals surface area contributed by atoms with Gasteiger partial charge < -0.3 is 10.0 Å². The van der Waals surface area contributed by atoms with Gasteiger partial charge in [-0.15, -0.1) is 0 Å². The van der Waals surface area contributed by atoms with Crippen molar-refractivity contribution in [3.63, 3.8) is 0 Å². The van der Waals surface area contributed by atoms with Crippen LogP contribution in [0, 0.1) is 5.92 Å². The van der Waals surface area contributed by atoms with Crippen molar-refractivity contribution in [3.8, 4) is 0 Å². The first kappa shape index (κ1) is 14.3. The molecule has 3 rings (SSSR count). The number of carbonyl (C=O) groups excluding carboxylic acids is 1. The van der Waals surface area contributed by atoms with Gasteiger partial charge in [0.25, 0.3) is 5.91 Å². The number of benzene rings is 1. The largest absolute Gasteiger partial charge is 0.481 e. The number of carboxylic acid groups (broad SMARTS) is 1. The van der Waals surface area contributed by atoms with Gasteiger partial charge in [0.2, 0.25) is 0 Å². The topological polar surface area (TPSA) is 75.4 Å². The molecule has 0 bridgehead atoms. The maximum absolute atomic E-state index is 12.4. The van der Waals surface area contributed by atoms with Crippen LogP contribution in [-0.4, -0.2) is 44.8 Å². The normalized spacial score (nSPS) is 17.6. The van der Waals surface area contributed by atoms with E-state index >= 15 is 0 Å². The smallest absolute Gasteiger partial charge is 0.308 e. The molecule has 1 amide bonds. The van der Waals surface area contributed by atoms with Gasteiger partial charge in [-0.05, 0) is 12.0 Å². The van der Waals surface area contributed by atoms with Crippen molar-refractivity contribution < 1.29 is 14.7 Å². The van der Waals surface area contributed by atoms with Crippen molar-refractivity contribution in [2.75, 3.05) is 13.1 Å². The molecule has 1 aliphatic heterocycles. The molecule has 1 fully saturated rings. The highest BCUT2D eigenvalue weighted by molar-refractivity contribution is 5.94. The lowest BCUT2D eigenvalue weighted by Crippen LogP contribution is -2.29. The van der Waals surface area contributed by atoms with Crippen LogP contribution >= 0.6 is 0 Å². The first-order chi connectivity index (χ1) is 10.6. The van der Waals surface area contributed by atoms with Crippen molar-refractivity contribution in [1.29, 1.82) is 0 Å². The molecule has 114 valence electrons. The average molecular weight is 299 g/mol. The molecule has 1 N–H and O–H groups in total. The van der Waals surface area contributed by atoms with Crippen molar-refractivity contribution in [3.05, 3.63) is 53.9 Å². The fourth-order valence-corrected chi connectivity index (χ4v) is 2.66. The first-order valence-electron chi connectivity index (χ1n) is 7.22. The Hall–Kier alpha value is -2.63. The second kappa shape index (κ2) is 6.01. The monoisotopic (exact) mass is 299 g/mol. The second-order valence-corrected chi connectivity index (χ2v) is 5.49. The van der Waals surface area contributed by atoms with E-state index in [2.05, 4.69) is 5.10 Å². The average Bonchev–Trinajstić information content (AvgIpc) is 3.17. The summed E-state index contributed by atoms with van der Waals surface area (Å²) in [6.07, 6.45) is 3.77. The summed E-state index contributed by atoms with van der Waals surface area (Å²) in [5.74, 6) is -1.44. The molecule has 1 aromatic heterocycles. The van der Waals surface area contributed by atoms with E-state index in [4.69, 9.17) is 5.11 Å². The molecule has 1 aromatic carbocycles. The Balaban J connectivity index is 1.66. The predicted octanol–water partition coefficient (Wildman–Crippen LogP) is 1.48.